The molecule has 2 N–H and O–H groups in total. The van der Waals surface area contributed by atoms with Crippen molar-refractivity contribution in [3.05, 3.63) is 29.3 Å². The van der Waals surface area contributed by atoms with Gasteiger partial charge < -0.3 is 15.2 Å². The highest BCUT2D eigenvalue weighted by Crippen LogP contribution is 2.19. The Labute approximate surface area is 108 Å². The summed E-state index contributed by atoms with van der Waals surface area (Å²) in [6, 6.07) is 5.74. The van der Waals surface area contributed by atoms with E-state index >= 15 is 0 Å². The molecule has 0 saturated carbocycles. The van der Waals surface area contributed by atoms with Crippen molar-refractivity contribution in [3.8, 4) is 5.75 Å². The molecule has 0 bridgehead atoms. The van der Waals surface area contributed by atoms with E-state index in [1.165, 1.54) is 0 Å². The molecule has 1 aromatic carbocycles. The van der Waals surface area contributed by atoms with Gasteiger partial charge in [0, 0.05) is 12.6 Å². The van der Waals surface area contributed by atoms with Crippen molar-refractivity contribution in [3.63, 3.8) is 0 Å². The minimum atomic E-state index is -0.0399. The number of rotatable bonds is 6. The lowest BCUT2D eigenvalue weighted by Gasteiger charge is -2.13. The summed E-state index contributed by atoms with van der Waals surface area (Å²) in [7, 11) is 1.62. The van der Waals surface area contributed by atoms with Crippen molar-refractivity contribution in [1.82, 2.24) is 5.32 Å². The molecule has 100 valence electrons. The van der Waals surface area contributed by atoms with Crippen LogP contribution in [-0.2, 0) is 11.2 Å². The number of benzene rings is 1. The second kappa shape index (κ2) is 7.01. The number of hydrogen-bond donors (Lipinski definition) is 2. The van der Waals surface area contributed by atoms with E-state index in [1.54, 1.807) is 7.11 Å². The quantitative estimate of drug-likeness (QED) is 0.804. The lowest BCUT2D eigenvalue weighted by molar-refractivity contribution is -0.121. The Morgan fingerprint density at radius 2 is 2.22 bits per heavy atom. The first kappa shape index (κ1) is 14.5. The van der Waals surface area contributed by atoms with E-state index < -0.39 is 0 Å². The van der Waals surface area contributed by atoms with Gasteiger partial charge in [-0.3, -0.25) is 4.79 Å². The van der Waals surface area contributed by atoms with Crippen LogP contribution in [0.25, 0.3) is 0 Å². The molecule has 1 atom stereocenters. The predicted molar refractivity (Wildman–Crippen MR) is 70.7 cm³/mol. The van der Waals surface area contributed by atoms with Gasteiger partial charge in [-0.05, 0) is 37.5 Å². The average Bonchev–Trinajstić information content (AvgIpc) is 2.31. The number of hydrogen-bond acceptors (Lipinski definition) is 3. The first-order chi connectivity index (χ1) is 8.56. The van der Waals surface area contributed by atoms with Gasteiger partial charge in [0.05, 0.1) is 13.5 Å². The molecule has 0 aliphatic heterocycles. The van der Waals surface area contributed by atoms with Crippen LogP contribution in [0.1, 0.15) is 24.5 Å². The van der Waals surface area contributed by atoms with E-state index in [9.17, 15) is 4.79 Å². The molecule has 4 nitrogen and oxygen atoms in total. The lowest BCUT2D eigenvalue weighted by Crippen LogP contribution is -2.34. The summed E-state index contributed by atoms with van der Waals surface area (Å²) in [5.41, 5.74) is 1.97. The predicted octanol–water partition coefficient (Wildman–Crippen LogP) is 1.43. The van der Waals surface area contributed by atoms with Crippen LogP contribution in [0.3, 0.4) is 0 Å². The van der Waals surface area contributed by atoms with Crippen molar-refractivity contribution in [2.75, 3.05) is 13.7 Å². The minimum absolute atomic E-state index is 0.00477. The van der Waals surface area contributed by atoms with E-state index in [0.29, 0.717) is 12.8 Å². The molecule has 0 heterocycles. The Bertz CT molecular complexity index is 404. The fraction of sp³-hybridized carbons (Fsp3) is 0.500. The van der Waals surface area contributed by atoms with E-state index in [0.717, 1.165) is 16.9 Å². The molecule has 0 fully saturated rings. The summed E-state index contributed by atoms with van der Waals surface area (Å²) in [5, 5.41) is 11.6. The standard InChI is InChI=1S/C14H21NO3/c1-10-4-5-12(8-13(10)18-3)9-14(17)15-11(2)6-7-16/h4-5,8,11,16H,6-7,9H2,1-3H3,(H,15,17). The molecule has 1 rings (SSSR count). The van der Waals surface area contributed by atoms with Crippen molar-refractivity contribution >= 4 is 5.91 Å². The number of aliphatic hydroxyl groups excluding tert-OH is 1. The number of carbonyl (C=O) groups is 1. The lowest BCUT2D eigenvalue weighted by atomic mass is 10.1. The number of amides is 1. The molecule has 18 heavy (non-hydrogen) atoms. The number of ether oxygens (including phenoxy) is 1. The highest BCUT2D eigenvalue weighted by molar-refractivity contribution is 5.79. The Kier molecular flexibility index (Phi) is 5.65. The summed E-state index contributed by atoms with van der Waals surface area (Å²) in [6.45, 7) is 3.93. The fourth-order valence-electron chi connectivity index (χ4n) is 1.75. The van der Waals surface area contributed by atoms with Crippen molar-refractivity contribution in [2.45, 2.75) is 32.7 Å². The molecule has 0 spiro atoms. The number of carbonyl (C=O) groups excluding carboxylic acids is 1. The molecule has 1 aromatic rings. The summed E-state index contributed by atoms with van der Waals surface area (Å²) < 4.78 is 5.22. The van der Waals surface area contributed by atoms with Gasteiger partial charge in [0.1, 0.15) is 5.75 Å². The highest BCUT2D eigenvalue weighted by Gasteiger charge is 2.09. The normalized spacial score (nSPS) is 12.0. The van der Waals surface area contributed by atoms with Crippen LogP contribution in [0, 0.1) is 6.92 Å². The van der Waals surface area contributed by atoms with Crippen molar-refractivity contribution in [2.24, 2.45) is 0 Å². The van der Waals surface area contributed by atoms with E-state index in [2.05, 4.69) is 5.32 Å². The third-order valence-corrected chi connectivity index (χ3v) is 2.81. The van der Waals surface area contributed by atoms with Crippen LogP contribution in [0.15, 0.2) is 18.2 Å². The molecule has 0 aromatic heterocycles. The minimum Gasteiger partial charge on any atom is -0.496 e. The second-order valence-electron chi connectivity index (χ2n) is 4.46. The van der Waals surface area contributed by atoms with Crippen molar-refractivity contribution in [1.29, 1.82) is 0 Å². The number of nitrogens with one attached hydrogen (secondary N) is 1. The summed E-state index contributed by atoms with van der Waals surface area (Å²) >= 11 is 0. The molecule has 0 radical (unpaired) electrons. The zero-order valence-corrected chi connectivity index (χ0v) is 11.2. The Hall–Kier alpha value is -1.55. The molecule has 1 unspecified atom stereocenters. The van der Waals surface area contributed by atoms with Crippen molar-refractivity contribution < 1.29 is 14.6 Å². The largest absolute Gasteiger partial charge is 0.496 e. The number of methoxy groups -OCH3 is 1. The van der Waals surface area contributed by atoms with Gasteiger partial charge in [0.15, 0.2) is 0 Å². The van der Waals surface area contributed by atoms with Gasteiger partial charge in [-0.2, -0.15) is 0 Å². The monoisotopic (exact) mass is 251 g/mol. The highest BCUT2D eigenvalue weighted by atomic mass is 16.5. The number of aliphatic hydroxyl groups is 1. The molecular formula is C14H21NO3. The van der Waals surface area contributed by atoms with Crippen LogP contribution >= 0.6 is 0 Å². The first-order valence-electron chi connectivity index (χ1n) is 6.10. The average molecular weight is 251 g/mol. The molecular weight excluding hydrogens is 230 g/mol. The van der Waals surface area contributed by atoms with Crippen LogP contribution in [0.4, 0.5) is 0 Å². The van der Waals surface area contributed by atoms with E-state index in [-0.39, 0.29) is 18.6 Å². The van der Waals surface area contributed by atoms with Gasteiger partial charge in [-0.15, -0.1) is 0 Å². The summed E-state index contributed by atoms with van der Waals surface area (Å²) in [6.07, 6.45) is 0.898. The zero-order chi connectivity index (χ0) is 13.5. The van der Waals surface area contributed by atoms with Gasteiger partial charge >= 0.3 is 0 Å². The fourth-order valence-corrected chi connectivity index (χ4v) is 1.75. The first-order valence-corrected chi connectivity index (χ1v) is 6.10. The SMILES string of the molecule is COc1cc(CC(=O)NC(C)CCO)ccc1C. The maximum atomic E-state index is 11.7. The third kappa shape index (κ3) is 4.37. The van der Waals surface area contributed by atoms with Gasteiger partial charge in [-0.1, -0.05) is 12.1 Å². The smallest absolute Gasteiger partial charge is 0.224 e. The van der Waals surface area contributed by atoms with E-state index in [4.69, 9.17) is 9.84 Å². The van der Waals surface area contributed by atoms with Crippen LogP contribution < -0.4 is 10.1 Å². The summed E-state index contributed by atoms with van der Waals surface area (Å²) in [4.78, 5) is 11.7. The van der Waals surface area contributed by atoms with Gasteiger partial charge in [-0.25, -0.2) is 0 Å². The topological polar surface area (TPSA) is 58.6 Å². The molecule has 1 amide bonds. The summed E-state index contributed by atoms with van der Waals surface area (Å²) in [5.74, 6) is 0.755. The Morgan fingerprint density at radius 1 is 1.50 bits per heavy atom. The third-order valence-electron chi connectivity index (χ3n) is 2.81. The number of aryl methyl sites for hydroxylation is 1. The Morgan fingerprint density at radius 3 is 2.83 bits per heavy atom. The van der Waals surface area contributed by atoms with Gasteiger partial charge in [0.25, 0.3) is 0 Å². The van der Waals surface area contributed by atoms with Crippen LogP contribution in [0.5, 0.6) is 5.75 Å². The Balaban J connectivity index is 2.59. The van der Waals surface area contributed by atoms with Crippen LogP contribution in [-0.4, -0.2) is 30.8 Å². The second-order valence-corrected chi connectivity index (χ2v) is 4.46. The van der Waals surface area contributed by atoms with E-state index in [1.807, 2.05) is 32.0 Å². The molecule has 4 heteroatoms. The maximum Gasteiger partial charge on any atom is 0.224 e. The van der Waals surface area contributed by atoms with Crippen LogP contribution in [0.2, 0.25) is 0 Å². The molecule has 0 saturated heterocycles. The maximum absolute atomic E-state index is 11.7. The molecule has 0 aliphatic carbocycles. The zero-order valence-electron chi connectivity index (χ0n) is 11.2. The van der Waals surface area contributed by atoms with Gasteiger partial charge in [0.2, 0.25) is 5.91 Å². The molecule has 0 aliphatic rings.